The molecule has 0 amide bonds. The smallest absolute Gasteiger partial charge is 0.191 e. The van der Waals surface area contributed by atoms with Gasteiger partial charge >= 0.3 is 0 Å². The van der Waals surface area contributed by atoms with Gasteiger partial charge in [-0.15, -0.1) is 24.0 Å². The Kier molecular flexibility index (Phi) is 12.6. The largest absolute Gasteiger partial charge is 0.381 e. The molecule has 0 aliphatic heterocycles. The average molecular weight is 500 g/mol. The molecule has 0 saturated heterocycles. The monoisotopic (exact) mass is 500 g/mol. The Morgan fingerprint density at radius 2 is 1.93 bits per heavy atom. The molecule has 0 atom stereocenters. The van der Waals surface area contributed by atoms with Gasteiger partial charge in [0, 0.05) is 26.3 Å². The van der Waals surface area contributed by atoms with Crippen molar-refractivity contribution >= 4 is 29.9 Å². The number of aromatic nitrogens is 1. The Morgan fingerprint density at radius 1 is 1.14 bits per heavy atom. The fraction of sp³-hybridized carbons (Fsp3) is 0.524. The van der Waals surface area contributed by atoms with Gasteiger partial charge in [-0.05, 0) is 30.7 Å². The van der Waals surface area contributed by atoms with Gasteiger partial charge in [0.1, 0.15) is 0 Å². The van der Waals surface area contributed by atoms with E-state index in [0.717, 1.165) is 56.4 Å². The van der Waals surface area contributed by atoms with Gasteiger partial charge in [0.25, 0.3) is 0 Å². The fourth-order valence-electron chi connectivity index (χ4n) is 2.55. The lowest BCUT2D eigenvalue weighted by Gasteiger charge is -2.10. The number of benzene rings is 1. The number of ether oxygens (including phenoxy) is 1. The van der Waals surface area contributed by atoms with Gasteiger partial charge in [-0.1, -0.05) is 49.3 Å². The Labute approximate surface area is 185 Å². The zero-order valence-electron chi connectivity index (χ0n) is 17.1. The molecular weight excluding hydrogens is 467 g/mol. The van der Waals surface area contributed by atoms with Crippen molar-refractivity contribution in [2.45, 2.75) is 45.6 Å². The van der Waals surface area contributed by atoms with Crippen LogP contribution >= 0.6 is 24.0 Å². The maximum absolute atomic E-state index is 5.70. The van der Waals surface area contributed by atoms with Crippen LogP contribution < -0.4 is 10.6 Å². The summed E-state index contributed by atoms with van der Waals surface area (Å²) >= 11 is 0. The molecule has 1 aromatic heterocycles. The maximum atomic E-state index is 5.70. The summed E-state index contributed by atoms with van der Waals surface area (Å²) in [6, 6.07) is 12.4. The molecule has 0 unspecified atom stereocenters. The lowest BCUT2D eigenvalue weighted by atomic mass is 10.1. The number of guanidine groups is 1. The summed E-state index contributed by atoms with van der Waals surface area (Å²) in [7, 11) is 1.77. The second-order valence-electron chi connectivity index (χ2n) is 6.78. The first-order valence-corrected chi connectivity index (χ1v) is 9.70. The van der Waals surface area contributed by atoms with Gasteiger partial charge in [0.2, 0.25) is 0 Å². The van der Waals surface area contributed by atoms with Crippen molar-refractivity contribution in [3.63, 3.8) is 0 Å². The first-order valence-electron chi connectivity index (χ1n) is 9.70. The van der Waals surface area contributed by atoms with Gasteiger partial charge in [-0.2, -0.15) is 0 Å². The van der Waals surface area contributed by atoms with E-state index >= 15 is 0 Å². The van der Waals surface area contributed by atoms with Crippen LogP contribution in [0, 0.1) is 0 Å². The van der Waals surface area contributed by atoms with E-state index in [-0.39, 0.29) is 24.0 Å². The molecule has 2 N–H and O–H groups in total. The van der Waals surface area contributed by atoms with Crippen LogP contribution in [-0.4, -0.2) is 37.9 Å². The number of nitrogens with one attached hydrogen (secondary N) is 2. The maximum Gasteiger partial charge on any atom is 0.191 e. The minimum Gasteiger partial charge on any atom is -0.381 e. The number of rotatable bonds is 11. The lowest BCUT2D eigenvalue weighted by Crippen LogP contribution is -2.37. The molecule has 0 aliphatic carbocycles. The first-order chi connectivity index (χ1) is 13.2. The van der Waals surface area contributed by atoms with E-state index in [0.29, 0.717) is 12.5 Å². The average Bonchev–Trinajstić information content (AvgIpc) is 3.16. The Bertz CT molecular complexity index is 674. The second-order valence-corrected chi connectivity index (χ2v) is 6.78. The fourth-order valence-corrected chi connectivity index (χ4v) is 2.55. The van der Waals surface area contributed by atoms with E-state index in [4.69, 9.17) is 9.26 Å². The Balaban J connectivity index is 0.00000392. The highest BCUT2D eigenvalue weighted by Gasteiger charge is 2.08. The first kappa shape index (κ1) is 24.4. The number of halogens is 1. The van der Waals surface area contributed by atoms with Gasteiger partial charge in [-0.3, -0.25) is 4.99 Å². The van der Waals surface area contributed by atoms with Crippen LogP contribution in [0.3, 0.4) is 0 Å². The van der Waals surface area contributed by atoms with E-state index in [1.807, 2.05) is 12.1 Å². The second kappa shape index (κ2) is 14.4. The topological polar surface area (TPSA) is 71.7 Å². The number of hydrogen-bond donors (Lipinski definition) is 2. The third kappa shape index (κ3) is 9.54. The summed E-state index contributed by atoms with van der Waals surface area (Å²) in [5.41, 5.74) is 2.29. The molecule has 28 heavy (non-hydrogen) atoms. The zero-order valence-corrected chi connectivity index (χ0v) is 19.4. The molecule has 0 saturated carbocycles. The van der Waals surface area contributed by atoms with E-state index in [1.54, 1.807) is 7.05 Å². The summed E-state index contributed by atoms with van der Waals surface area (Å²) in [4.78, 5) is 4.23. The van der Waals surface area contributed by atoms with E-state index in [9.17, 15) is 0 Å². The molecule has 6 nitrogen and oxygen atoms in total. The molecule has 2 rings (SSSR count). The molecule has 1 heterocycles. The van der Waals surface area contributed by atoms with Crippen molar-refractivity contribution in [3.05, 3.63) is 53.4 Å². The highest BCUT2D eigenvalue weighted by Crippen LogP contribution is 2.13. The predicted molar refractivity (Wildman–Crippen MR) is 124 cm³/mol. The lowest BCUT2D eigenvalue weighted by molar-refractivity contribution is 0.133. The van der Waals surface area contributed by atoms with Crippen LogP contribution in [0.5, 0.6) is 0 Å². The van der Waals surface area contributed by atoms with Crippen molar-refractivity contribution in [2.75, 3.05) is 26.8 Å². The Morgan fingerprint density at radius 3 is 2.61 bits per heavy atom. The Hall–Kier alpha value is -1.61. The summed E-state index contributed by atoms with van der Waals surface area (Å²) in [5.74, 6) is 1.95. The summed E-state index contributed by atoms with van der Waals surface area (Å²) < 4.78 is 11.0. The van der Waals surface area contributed by atoms with Crippen molar-refractivity contribution in [3.8, 4) is 0 Å². The number of hydrogen-bond acceptors (Lipinski definition) is 4. The molecule has 0 fully saturated rings. The summed E-state index contributed by atoms with van der Waals surface area (Å²) in [6.45, 7) is 7.19. The number of aliphatic imine (C=N–C) groups is 1. The molecule has 2 aromatic rings. The van der Waals surface area contributed by atoms with Crippen molar-refractivity contribution < 1.29 is 9.26 Å². The van der Waals surface area contributed by atoms with Crippen LogP contribution in [0.1, 0.15) is 49.6 Å². The minimum atomic E-state index is 0. The molecule has 7 heteroatoms. The highest BCUT2D eigenvalue weighted by molar-refractivity contribution is 14.0. The van der Waals surface area contributed by atoms with Crippen LogP contribution in [0.2, 0.25) is 0 Å². The van der Waals surface area contributed by atoms with Crippen molar-refractivity contribution in [2.24, 2.45) is 4.99 Å². The number of unbranched alkanes of at least 4 members (excludes halogenated alkanes) is 1. The molecule has 0 radical (unpaired) electrons. The van der Waals surface area contributed by atoms with E-state index < -0.39 is 0 Å². The molecule has 0 aliphatic rings. The van der Waals surface area contributed by atoms with Gasteiger partial charge in [0.05, 0.1) is 18.8 Å². The van der Waals surface area contributed by atoms with E-state index in [1.165, 1.54) is 5.56 Å². The van der Waals surface area contributed by atoms with Gasteiger partial charge in [-0.25, -0.2) is 0 Å². The highest BCUT2D eigenvalue weighted by atomic mass is 127. The molecule has 0 bridgehead atoms. The van der Waals surface area contributed by atoms with Crippen LogP contribution in [0.15, 0.2) is 45.9 Å². The third-order valence-corrected chi connectivity index (χ3v) is 4.21. The quantitative estimate of drug-likeness (QED) is 0.210. The molecule has 156 valence electrons. The van der Waals surface area contributed by atoms with E-state index in [2.05, 4.69) is 58.9 Å². The van der Waals surface area contributed by atoms with Crippen LogP contribution in [0.25, 0.3) is 0 Å². The number of nitrogens with zero attached hydrogens (tertiary/aromatic N) is 2. The van der Waals surface area contributed by atoms with Crippen molar-refractivity contribution in [1.82, 2.24) is 15.8 Å². The summed E-state index contributed by atoms with van der Waals surface area (Å²) in [5, 5.41) is 10.6. The SMILES string of the molecule is CN=C(NCCCCOCCc1ccccc1)NCc1cc(C(C)C)no1.I. The molecule has 1 aromatic carbocycles. The third-order valence-electron chi connectivity index (χ3n) is 4.21. The van der Waals surface area contributed by atoms with Crippen LogP contribution in [0.4, 0.5) is 0 Å². The van der Waals surface area contributed by atoms with Crippen molar-refractivity contribution in [1.29, 1.82) is 0 Å². The predicted octanol–water partition coefficient (Wildman–Crippen LogP) is 4.12. The molecular formula is C21H33IN4O2. The normalized spacial score (nSPS) is 11.4. The molecule has 0 spiro atoms. The standard InChI is InChI=1S/C21H32N4O2.HI/c1-17(2)20-15-19(27-25-20)16-24-21(22-3)23-12-7-8-13-26-14-11-18-9-5-4-6-10-18;/h4-6,9-10,15,17H,7-8,11-14,16H2,1-3H3,(H2,22,23,24);1H. The van der Waals surface area contributed by atoms with Crippen LogP contribution in [-0.2, 0) is 17.7 Å². The zero-order chi connectivity index (χ0) is 19.3. The summed E-state index contributed by atoms with van der Waals surface area (Å²) in [6.07, 6.45) is 3.03. The van der Waals surface area contributed by atoms with Gasteiger partial charge < -0.3 is 19.9 Å². The minimum absolute atomic E-state index is 0. The van der Waals surface area contributed by atoms with Gasteiger partial charge in [0.15, 0.2) is 11.7 Å².